The molecule has 4 rings (SSSR count). The third-order valence-electron chi connectivity index (χ3n) is 6.60. The Morgan fingerprint density at radius 3 is 1.90 bits per heavy atom. The van der Waals surface area contributed by atoms with Gasteiger partial charge in [-0.25, -0.2) is 9.86 Å². The highest BCUT2D eigenvalue weighted by molar-refractivity contribution is 8.14. The van der Waals surface area contributed by atoms with Crippen LogP contribution in [0, 0.1) is 0 Å². The van der Waals surface area contributed by atoms with Crippen LogP contribution in [0.2, 0.25) is 0 Å². The van der Waals surface area contributed by atoms with Crippen molar-refractivity contribution in [1.29, 1.82) is 0 Å². The summed E-state index contributed by atoms with van der Waals surface area (Å²) in [5, 5.41) is 10.8. The number of hydrogen-bond donors (Lipinski definition) is 1. The quantitative estimate of drug-likeness (QED) is 0.422. The molecular weight excluding hydrogens is 542 g/mol. The number of fused-ring (bicyclic) bond motifs is 1. The fourth-order valence-electron chi connectivity index (χ4n) is 4.24. The highest BCUT2D eigenvalue weighted by atomic mass is 32.2. The van der Waals surface area contributed by atoms with Gasteiger partial charge >= 0.3 is 6.09 Å². The number of amides is 2. The van der Waals surface area contributed by atoms with Gasteiger partial charge in [-0.1, -0.05) is 36.0 Å². The molecule has 2 aromatic rings. The van der Waals surface area contributed by atoms with Crippen molar-refractivity contribution in [1.82, 2.24) is 9.96 Å². The van der Waals surface area contributed by atoms with Gasteiger partial charge in [0.15, 0.2) is 11.3 Å². The summed E-state index contributed by atoms with van der Waals surface area (Å²) in [7, 11) is 7.44. The predicted octanol–water partition coefficient (Wildman–Crippen LogP) is 3.00. The summed E-state index contributed by atoms with van der Waals surface area (Å²) in [6.45, 7) is 0.336. The van der Waals surface area contributed by atoms with Crippen LogP contribution in [0.25, 0.3) is 0 Å². The molecule has 5 atom stereocenters. The minimum absolute atomic E-state index is 0.150. The van der Waals surface area contributed by atoms with E-state index in [0.29, 0.717) is 11.5 Å². The number of carboxylic acid groups (broad SMARTS) is 1. The Labute approximate surface area is 236 Å². The van der Waals surface area contributed by atoms with Crippen molar-refractivity contribution in [3.05, 3.63) is 59.7 Å². The van der Waals surface area contributed by atoms with Gasteiger partial charge in [-0.05, 0) is 35.4 Å². The number of carbonyl (C=O) groups excluding carboxylic acids is 1. The lowest BCUT2D eigenvalue weighted by atomic mass is 9.96. The second-order valence-corrected chi connectivity index (χ2v) is 10.1. The number of rotatable bonds is 10. The van der Waals surface area contributed by atoms with Gasteiger partial charge in [-0.2, -0.15) is 0 Å². The van der Waals surface area contributed by atoms with Crippen LogP contribution in [0.1, 0.15) is 11.1 Å². The van der Waals surface area contributed by atoms with Crippen molar-refractivity contribution >= 4 is 28.9 Å². The zero-order valence-electron chi connectivity index (χ0n) is 22.9. The lowest BCUT2D eigenvalue weighted by molar-refractivity contribution is -0.222. The Bertz CT molecular complexity index is 1190. The van der Waals surface area contributed by atoms with Crippen LogP contribution >= 0.6 is 11.8 Å². The van der Waals surface area contributed by atoms with Crippen LogP contribution in [0.5, 0.6) is 11.5 Å². The Balaban J connectivity index is 1.65. The van der Waals surface area contributed by atoms with E-state index in [0.717, 1.165) is 32.9 Å². The molecule has 0 saturated carbocycles. The van der Waals surface area contributed by atoms with Crippen LogP contribution in [-0.2, 0) is 37.1 Å². The number of hydrogen-bond acceptors (Lipinski definition) is 10. The molecule has 1 saturated heterocycles. The molecule has 2 heterocycles. The zero-order valence-corrected chi connectivity index (χ0v) is 23.7. The zero-order chi connectivity index (χ0) is 28.8. The fourth-order valence-corrected chi connectivity index (χ4v) is 5.39. The predicted molar refractivity (Wildman–Crippen MR) is 146 cm³/mol. The normalized spacial score (nSPS) is 23.6. The molecule has 12 nitrogen and oxygen atoms in total. The van der Waals surface area contributed by atoms with Crippen LogP contribution in [-0.4, -0.2) is 97.5 Å². The first-order valence-corrected chi connectivity index (χ1v) is 13.3. The lowest BCUT2D eigenvalue weighted by Crippen LogP contribution is -2.61. The molecule has 1 N–H and O–H groups in total. The lowest BCUT2D eigenvalue weighted by Gasteiger charge is -2.42. The smallest absolute Gasteiger partial charge is 0.413 e. The molecule has 4 unspecified atom stereocenters. The molecule has 1 fully saturated rings. The van der Waals surface area contributed by atoms with Crippen molar-refractivity contribution in [2.75, 3.05) is 35.4 Å². The number of hydroxylamine groups is 2. The number of methoxy groups -OCH3 is 2. The molecule has 2 aliphatic heterocycles. The van der Waals surface area contributed by atoms with E-state index in [1.54, 1.807) is 14.2 Å². The maximum atomic E-state index is 13.4. The Hall–Kier alpha value is -3.36. The SMILES string of the molecule is COc1ccc(COC2C(C(=O)N(C)OC)OC3SC(N(C)C(=O)O)=N[C@@H]3C2OCc2ccc(OC)cc2)cc1. The van der Waals surface area contributed by atoms with Gasteiger partial charge in [-0.3, -0.25) is 19.5 Å². The van der Waals surface area contributed by atoms with E-state index < -0.39 is 41.8 Å². The number of likely N-dealkylation sites (N-methyl/N-ethyl adjacent to an activating group) is 1. The van der Waals surface area contributed by atoms with Crippen LogP contribution < -0.4 is 9.47 Å². The summed E-state index contributed by atoms with van der Waals surface area (Å²) in [6, 6.07) is 14.1. The summed E-state index contributed by atoms with van der Waals surface area (Å²) < 4.78 is 29.4. The van der Waals surface area contributed by atoms with Crippen molar-refractivity contribution < 1.29 is 43.2 Å². The molecule has 0 radical (unpaired) electrons. The molecular formula is C27H33N3O9S. The summed E-state index contributed by atoms with van der Waals surface area (Å²) in [6.07, 6.45) is -3.93. The number of nitrogens with zero attached hydrogens (tertiary/aromatic N) is 3. The third kappa shape index (κ3) is 6.67. The average molecular weight is 576 g/mol. The molecule has 216 valence electrons. The van der Waals surface area contributed by atoms with E-state index in [4.69, 9.17) is 28.5 Å². The van der Waals surface area contributed by atoms with E-state index >= 15 is 0 Å². The summed E-state index contributed by atoms with van der Waals surface area (Å²) >= 11 is 1.12. The monoisotopic (exact) mass is 575 g/mol. The Kier molecular flexibility index (Phi) is 9.87. The van der Waals surface area contributed by atoms with Gasteiger partial charge in [0.2, 0.25) is 0 Å². The maximum absolute atomic E-state index is 13.4. The molecule has 0 aromatic heterocycles. The van der Waals surface area contributed by atoms with Crippen molar-refractivity contribution in [3.63, 3.8) is 0 Å². The number of benzene rings is 2. The number of aliphatic imine (C=N–C) groups is 1. The van der Waals surface area contributed by atoms with Gasteiger partial charge in [0.25, 0.3) is 5.91 Å². The first-order valence-electron chi connectivity index (χ1n) is 12.4. The second-order valence-electron chi connectivity index (χ2n) is 9.05. The first-order chi connectivity index (χ1) is 19.2. The molecule has 0 aliphatic carbocycles. The Morgan fingerprint density at radius 2 is 1.43 bits per heavy atom. The molecule has 0 spiro atoms. The maximum Gasteiger partial charge on any atom is 0.413 e. The highest BCUT2D eigenvalue weighted by Crippen LogP contribution is 2.40. The Morgan fingerprint density at radius 1 is 0.900 bits per heavy atom. The largest absolute Gasteiger partial charge is 0.497 e. The summed E-state index contributed by atoms with van der Waals surface area (Å²) in [4.78, 5) is 35.8. The van der Waals surface area contributed by atoms with Crippen LogP contribution in [0.4, 0.5) is 4.79 Å². The van der Waals surface area contributed by atoms with Crippen LogP contribution in [0.15, 0.2) is 53.5 Å². The number of amidine groups is 1. The topological polar surface area (TPSA) is 129 Å². The third-order valence-corrected chi connectivity index (χ3v) is 7.82. The molecule has 2 aliphatic rings. The number of ether oxygens (including phenoxy) is 5. The molecule has 2 amide bonds. The number of thioether (sulfide) groups is 1. The molecule has 0 bridgehead atoms. The van der Waals surface area contributed by atoms with E-state index in [9.17, 15) is 14.7 Å². The average Bonchev–Trinajstić information content (AvgIpc) is 3.41. The van der Waals surface area contributed by atoms with Crippen molar-refractivity contribution in [2.45, 2.75) is 43.0 Å². The first kappa shape index (κ1) is 29.6. The van der Waals surface area contributed by atoms with E-state index in [1.807, 2.05) is 48.5 Å². The fraction of sp³-hybridized carbons (Fsp3) is 0.444. The molecule has 40 heavy (non-hydrogen) atoms. The molecule has 13 heteroatoms. The van der Waals surface area contributed by atoms with Gasteiger partial charge in [-0.15, -0.1) is 0 Å². The van der Waals surface area contributed by atoms with Crippen molar-refractivity contribution in [3.8, 4) is 11.5 Å². The minimum atomic E-state index is -1.17. The number of carbonyl (C=O) groups is 2. The van der Waals surface area contributed by atoms with Gasteiger partial charge in [0.1, 0.15) is 35.2 Å². The van der Waals surface area contributed by atoms with E-state index in [-0.39, 0.29) is 18.4 Å². The minimum Gasteiger partial charge on any atom is -0.497 e. The molecule has 2 aromatic carbocycles. The van der Waals surface area contributed by atoms with Gasteiger partial charge < -0.3 is 28.8 Å². The van der Waals surface area contributed by atoms with E-state index in [1.165, 1.54) is 21.2 Å². The summed E-state index contributed by atoms with van der Waals surface area (Å²) in [5.74, 6) is 0.941. The van der Waals surface area contributed by atoms with Crippen LogP contribution in [0.3, 0.4) is 0 Å². The van der Waals surface area contributed by atoms with Gasteiger partial charge in [0.05, 0.1) is 34.5 Å². The standard InChI is InChI=1S/C27H33N3O9S/c1-29(27(32)33)26-28-20-21(37-14-16-6-10-18(34-3)11-7-16)22(38-15-17-8-12-19(35-4)13-9-17)23(39-25(20)40-26)24(31)30(2)36-5/h6-13,20-23,25H,14-15H2,1-5H3,(H,32,33)/t20-,21?,22?,23?,25?/m1/s1. The second kappa shape index (κ2) is 13.3. The van der Waals surface area contributed by atoms with Gasteiger partial charge in [0, 0.05) is 14.1 Å². The van der Waals surface area contributed by atoms with Crippen molar-refractivity contribution in [2.24, 2.45) is 4.99 Å². The highest BCUT2D eigenvalue weighted by Gasteiger charge is 2.54. The summed E-state index contributed by atoms with van der Waals surface area (Å²) in [5.41, 5.74) is 1.03. The van der Waals surface area contributed by atoms with E-state index in [2.05, 4.69) is 4.99 Å².